The number of methoxy groups -OCH3 is 1. The van der Waals surface area contributed by atoms with Crippen LogP contribution in [0.1, 0.15) is 11.1 Å². The fourth-order valence-electron chi connectivity index (χ4n) is 4.56. The molecule has 2 aliphatic heterocycles. The molecule has 0 aromatic heterocycles. The lowest BCUT2D eigenvalue weighted by Gasteiger charge is -2.49. The van der Waals surface area contributed by atoms with Gasteiger partial charge < -0.3 is 14.8 Å². The number of carbonyl (C=O) groups excluding carboxylic acids is 3. The van der Waals surface area contributed by atoms with Crippen molar-refractivity contribution in [2.75, 3.05) is 12.9 Å². The van der Waals surface area contributed by atoms with Gasteiger partial charge in [0.05, 0.1) is 33.4 Å². The van der Waals surface area contributed by atoms with Gasteiger partial charge in [-0.25, -0.2) is 13.2 Å². The number of hydrogen-bond acceptors (Lipinski definition) is 8. The first-order valence-electron chi connectivity index (χ1n) is 12.6. The highest BCUT2D eigenvalue weighted by Gasteiger charge is 2.56. The van der Waals surface area contributed by atoms with E-state index in [1.165, 1.54) is 25.3 Å². The van der Waals surface area contributed by atoms with Crippen LogP contribution in [0.2, 0.25) is 10.0 Å². The summed E-state index contributed by atoms with van der Waals surface area (Å²) in [5, 5.41) is 1.82. The largest absolute Gasteiger partial charge is 0.497 e. The van der Waals surface area contributed by atoms with E-state index < -0.39 is 38.8 Å². The highest BCUT2D eigenvalue weighted by atomic mass is 35.5. The highest BCUT2D eigenvalue weighted by Crippen LogP contribution is 2.44. The van der Waals surface area contributed by atoms with Gasteiger partial charge in [-0.15, -0.1) is 11.8 Å². The Morgan fingerprint density at radius 1 is 1.00 bits per heavy atom. The summed E-state index contributed by atoms with van der Waals surface area (Å²) in [6.45, 7) is -0.186. The smallest absolute Gasteiger partial charge is 0.356 e. The number of sulfone groups is 1. The number of rotatable bonds is 9. The van der Waals surface area contributed by atoms with Crippen molar-refractivity contribution >= 4 is 62.6 Å². The van der Waals surface area contributed by atoms with Crippen LogP contribution in [0.5, 0.6) is 5.75 Å². The zero-order valence-electron chi connectivity index (χ0n) is 22.1. The number of carbonyl (C=O) groups is 3. The number of β-lactam (4-membered cyclic amide) rings is 1. The summed E-state index contributed by atoms with van der Waals surface area (Å²) >= 11 is 13.4. The number of nitrogens with zero attached hydrogens (tertiary/aromatic N) is 1. The van der Waals surface area contributed by atoms with E-state index >= 15 is 0 Å². The first-order chi connectivity index (χ1) is 20.1. The molecule has 0 saturated carbocycles. The highest BCUT2D eigenvalue weighted by molar-refractivity contribution is 8.02. The molecule has 9 nitrogen and oxygen atoms in total. The van der Waals surface area contributed by atoms with Crippen molar-refractivity contribution in [3.63, 3.8) is 0 Å². The van der Waals surface area contributed by atoms with Crippen molar-refractivity contribution in [1.82, 2.24) is 10.2 Å². The molecular weight excluding hydrogens is 623 g/mol. The van der Waals surface area contributed by atoms with Crippen molar-refractivity contribution in [3.05, 3.63) is 105 Å². The Morgan fingerprint density at radius 3 is 2.40 bits per heavy atom. The lowest BCUT2D eigenvalue weighted by molar-refractivity contribution is -0.153. The Hall–Kier alpha value is -3.51. The van der Waals surface area contributed by atoms with Gasteiger partial charge in [0.1, 0.15) is 29.5 Å². The summed E-state index contributed by atoms with van der Waals surface area (Å²) in [5.74, 6) is -1.57. The topological polar surface area (TPSA) is 119 Å². The third-order valence-electron chi connectivity index (χ3n) is 6.71. The Kier molecular flexibility index (Phi) is 8.84. The fraction of sp³-hybridized carbons (Fsp3) is 0.207. The lowest BCUT2D eigenvalue weighted by Crippen LogP contribution is -2.70. The number of benzene rings is 3. The molecule has 218 valence electrons. The van der Waals surface area contributed by atoms with E-state index in [2.05, 4.69) is 5.32 Å². The Labute approximate surface area is 256 Å². The minimum Gasteiger partial charge on any atom is -0.497 e. The quantitative estimate of drug-likeness (QED) is 0.269. The molecule has 1 N–H and O–H groups in total. The molecule has 0 bridgehead atoms. The molecule has 0 radical (unpaired) electrons. The predicted octanol–water partition coefficient (Wildman–Crippen LogP) is 4.37. The number of nitrogens with one attached hydrogen (secondary N) is 1. The number of hydrogen-bond donors (Lipinski definition) is 1. The first-order valence-corrected chi connectivity index (χ1v) is 15.9. The standard InChI is InChI=1S/C29H24Cl2N2O7S2/c1-39-19-12-10-18(11-13-19)15-40-29(36)26-22(42(37,38)21-9-5-8-20(30)24(21)31)16-41-28-25(27(35)33(26)28)32-23(34)14-17-6-3-2-4-7-17/h2-13,25,28H,14-16H2,1H3,(H,32,34). The summed E-state index contributed by atoms with van der Waals surface area (Å²) in [4.78, 5) is 40.0. The van der Waals surface area contributed by atoms with Gasteiger partial charge in [-0.3, -0.25) is 14.5 Å². The Morgan fingerprint density at radius 2 is 1.71 bits per heavy atom. The molecule has 1 fully saturated rings. The molecule has 13 heteroatoms. The van der Waals surface area contributed by atoms with E-state index in [-0.39, 0.29) is 44.5 Å². The summed E-state index contributed by atoms with van der Waals surface area (Å²) in [7, 11) is -2.86. The van der Waals surface area contributed by atoms with E-state index in [0.29, 0.717) is 11.3 Å². The molecule has 2 aliphatic rings. The van der Waals surface area contributed by atoms with Crippen molar-refractivity contribution in [2.45, 2.75) is 29.3 Å². The van der Waals surface area contributed by atoms with Crippen LogP contribution in [-0.4, -0.2) is 55.4 Å². The molecule has 0 spiro atoms. The normalized spacial score (nSPS) is 18.2. The molecule has 42 heavy (non-hydrogen) atoms. The van der Waals surface area contributed by atoms with Crippen LogP contribution in [0, 0.1) is 0 Å². The SMILES string of the molecule is COc1ccc(COC(=O)C2=C(S(=O)(=O)c3cccc(Cl)c3Cl)CSC3C(NC(=O)Cc4ccccc4)C(=O)N23)cc1. The fourth-order valence-corrected chi connectivity index (χ4v) is 8.54. The van der Waals surface area contributed by atoms with Crippen molar-refractivity contribution in [3.8, 4) is 5.75 Å². The number of thioether (sulfide) groups is 1. The zero-order valence-corrected chi connectivity index (χ0v) is 25.2. The second-order valence-corrected chi connectivity index (χ2v) is 13.2. The minimum atomic E-state index is -4.38. The van der Waals surface area contributed by atoms with Gasteiger partial charge in [0.25, 0.3) is 5.91 Å². The van der Waals surface area contributed by atoms with Crippen LogP contribution in [-0.2, 0) is 42.0 Å². The number of esters is 1. The average molecular weight is 648 g/mol. The number of fused-ring (bicyclic) bond motifs is 1. The first kappa shape index (κ1) is 30.0. The lowest BCUT2D eigenvalue weighted by atomic mass is 10.0. The molecule has 2 heterocycles. The van der Waals surface area contributed by atoms with Crippen LogP contribution < -0.4 is 10.1 Å². The molecule has 0 aliphatic carbocycles. The molecule has 1 saturated heterocycles. The maximum absolute atomic E-state index is 13.8. The van der Waals surface area contributed by atoms with Crippen LogP contribution in [0.15, 0.2) is 88.3 Å². The summed E-state index contributed by atoms with van der Waals surface area (Å²) in [6.07, 6.45) is 0.0570. The van der Waals surface area contributed by atoms with Gasteiger partial charge in [-0.05, 0) is 35.4 Å². The van der Waals surface area contributed by atoms with Gasteiger partial charge in [0.15, 0.2) is 0 Å². The molecular formula is C29H24Cl2N2O7S2. The monoisotopic (exact) mass is 646 g/mol. The third kappa shape index (κ3) is 5.87. The van der Waals surface area contributed by atoms with Gasteiger partial charge in [0, 0.05) is 5.75 Å². The van der Waals surface area contributed by atoms with Gasteiger partial charge in [-0.2, -0.15) is 0 Å². The second-order valence-electron chi connectivity index (χ2n) is 9.37. The van der Waals surface area contributed by atoms with E-state index in [0.717, 1.165) is 22.2 Å². The zero-order chi connectivity index (χ0) is 30.0. The van der Waals surface area contributed by atoms with Crippen molar-refractivity contribution in [1.29, 1.82) is 0 Å². The second kappa shape index (κ2) is 12.4. The van der Waals surface area contributed by atoms with Crippen LogP contribution in [0.4, 0.5) is 0 Å². The van der Waals surface area contributed by atoms with Crippen LogP contribution in [0.25, 0.3) is 0 Å². The van der Waals surface area contributed by atoms with E-state index in [9.17, 15) is 22.8 Å². The molecule has 3 aromatic rings. The number of halogens is 2. The van der Waals surface area contributed by atoms with E-state index in [1.807, 2.05) is 6.07 Å². The molecule has 2 amide bonds. The molecule has 2 unspecified atom stereocenters. The van der Waals surface area contributed by atoms with E-state index in [1.54, 1.807) is 48.5 Å². The predicted molar refractivity (Wildman–Crippen MR) is 159 cm³/mol. The third-order valence-corrected chi connectivity index (χ3v) is 11.0. The number of ether oxygens (including phenoxy) is 2. The maximum Gasteiger partial charge on any atom is 0.356 e. The molecule has 2 atom stereocenters. The van der Waals surface area contributed by atoms with Crippen molar-refractivity contribution in [2.24, 2.45) is 0 Å². The molecule has 3 aromatic carbocycles. The summed E-state index contributed by atoms with van der Waals surface area (Å²) in [5.41, 5.74) is 0.973. The Bertz CT molecular complexity index is 1680. The van der Waals surface area contributed by atoms with Crippen LogP contribution in [0.3, 0.4) is 0 Å². The number of amides is 2. The summed E-state index contributed by atoms with van der Waals surface area (Å²) < 4.78 is 38.3. The van der Waals surface area contributed by atoms with E-state index in [4.69, 9.17) is 32.7 Å². The minimum absolute atomic E-state index is 0.0181. The molecule has 5 rings (SSSR count). The summed E-state index contributed by atoms with van der Waals surface area (Å²) in [6, 6.07) is 19.0. The van der Waals surface area contributed by atoms with Crippen LogP contribution >= 0.6 is 35.0 Å². The maximum atomic E-state index is 13.8. The van der Waals surface area contributed by atoms with Gasteiger partial charge in [-0.1, -0.05) is 71.7 Å². The van der Waals surface area contributed by atoms with Gasteiger partial charge >= 0.3 is 5.97 Å². The van der Waals surface area contributed by atoms with Crippen molar-refractivity contribution < 1.29 is 32.3 Å². The Balaban J connectivity index is 1.44. The van der Waals surface area contributed by atoms with Gasteiger partial charge in [0.2, 0.25) is 15.7 Å². The average Bonchev–Trinajstić information content (AvgIpc) is 2.99.